The van der Waals surface area contributed by atoms with Crippen LogP contribution in [0.2, 0.25) is 0 Å². The van der Waals surface area contributed by atoms with Crippen LogP contribution < -0.4 is 15.2 Å². The maximum absolute atomic E-state index is 13.1. The molecular formula is C31H30N2O6S. The van der Waals surface area contributed by atoms with E-state index in [0.29, 0.717) is 30.0 Å². The molecule has 206 valence electrons. The zero-order chi connectivity index (χ0) is 28.4. The summed E-state index contributed by atoms with van der Waals surface area (Å²) in [7, 11) is -3.75. The summed E-state index contributed by atoms with van der Waals surface area (Å²) in [6.07, 6.45) is 0.424. The van der Waals surface area contributed by atoms with Gasteiger partial charge >= 0.3 is 5.97 Å². The number of rotatable bonds is 14. The van der Waals surface area contributed by atoms with E-state index in [1.54, 1.807) is 42.5 Å². The average molecular weight is 559 g/mol. The van der Waals surface area contributed by atoms with Gasteiger partial charge < -0.3 is 9.84 Å². The predicted molar refractivity (Wildman–Crippen MR) is 153 cm³/mol. The van der Waals surface area contributed by atoms with Gasteiger partial charge in [0.05, 0.1) is 22.8 Å². The van der Waals surface area contributed by atoms with Crippen LogP contribution in [-0.4, -0.2) is 31.7 Å². The molecule has 4 rings (SSSR count). The number of ether oxygens (including phenoxy) is 1. The predicted octanol–water partition coefficient (Wildman–Crippen LogP) is 4.97. The van der Waals surface area contributed by atoms with Crippen LogP contribution in [0.1, 0.15) is 29.0 Å². The smallest absolute Gasteiger partial charge is 0.303 e. The number of carbonyl (C=O) groups is 2. The standard InChI is InChI=1S/C31H30N2O6S/c34-23-33(32-20-24-8-3-1-4-9-24)28-13-7-10-25(18-28)21-39-29-14-16-30(17-15-29)40(37,38)22-27(19-31(35)36)26-11-5-2-6-12-26/h1-18,23,27,32H,19-22H2,(H,35,36). The molecule has 0 heterocycles. The monoisotopic (exact) mass is 558 g/mol. The van der Waals surface area contributed by atoms with E-state index in [4.69, 9.17) is 4.74 Å². The van der Waals surface area contributed by atoms with Crippen molar-refractivity contribution in [2.75, 3.05) is 10.8 Å². The van der Waals surface area contributed by atoms with Crippen molar-refractivity contribution in [3.8, 4) is 5.75 Å². The number of nitrogens with zero attached hydrogens (tertiary/aromatic N) is 1. The van der Waals surface area contributed by atoms with Gasteiger partial charge in [-0.25, -0.2) is 18.9 Å². The van der Waals surface area contributed by atoms with Crippen molar-refractivity contribution in [2.45, 2.75) is 30.4 Å². The zero-order valence-electron chi connectivity index (χ0n) is 21.7. The summed E-state index contributed by atoms with van der Waals surface area (Å²) in [5.74, 6) is -1.56. The van der Waals surface area contributed by atoms with Crippen molar-refractivity contribution in [2.24, 2.45) is 0 Å². The van der Waals surface area contributed by atoms with Gasteiger partial charge in [-0.3, -0.25) is 9.59 Å². The highest BCUT2D eigenvalue weighted by molar-refractivity contribution is 7.91. The van der Waals surface area contributed by atoms with E-state index in [9.17, 15) is 23.1 Å². The second kappa shape index (κ2) is 13.5. The highest BCUT2D eigenvalue weighted by Gasteiger charge is 2.25. The lowest BCUT2D eigenvalue weighted by Gasteiger charge is -2.19. The number of carboxylic acid groups (broad SMARTS) is 1. The summed E-state index contributed by atoms with van der Waals surface area (Å²) in [5, 5.41) is 10.7. The van der Waals surface area contributed by atoms with Crippen LogP contribution in [0.15, 0.2) is 114 Å². The van der Waals surface area contributed by atoms with Crippen LogP contribution in [-0.2, 0) is 32.6 Å². The second-order valence-corrected chi connectivity index (χ2v) is 11.2. The van der Waals surface area contributed by atoms with Gasteiger partial charge in [0.1, 0.15) is 12.4 Å². The minimum atomic E-state index is -3.75. The van der Waals surface area contributed by atoms with Gasteiger partial charge in [-0.1, -0.05) is 72.8 Å². The Kier molecular flexibility index (Phi) is 9.66. The van der Waals surface area contributed by atoms with E-state index in [1.807, 2.05) is 54.6 Å². The number of nitrogens with one attached hydrogen (secondary N) is 1. The molecule has 0 aliphatic heterocycles. The third-order valence-corrected chi connectivity index (χ3v) is 8.12. The van der Waals surface area contributed by atoms with Crippen molar-refractivity contribution < 1.29 is 27.9 Å². The van der Waals surface area contributed by atoms with Crippen molar-refractivity contribution in [1.29, 1.82) is 0 Å². The van der Waals surface area contributed by atoms with E-state index in [1.165, 1.54) is 17.1 Å². The molecule has 0 bridgehead atoms. The zero-order valence-corrected chi connectivity index (χ0v) is 22.5. The van der Waals surface area contributed by atoms with Crippen molar-refractivity contribution in [1.82, 2.24) is 5.43 Å². The van der Waals surface area contributed by atoms with Crippen LogP contribution in [0.25, 0.3) is 0 Å². The van der Waals surface area contributed by atoms with Crippen LogP contribution in [0.3, 0.4) is 0 Å². The summed E-state index contributed by atoms with van der Waals surface area (Å²) < 4.78 is 32.0. The maximum atomic E-state index is 13.1. The number of sulfone groups is 1. The van der Waals surface area contributed by atoms with Gasteiger partial charge in [-0.2, -0.15) is 0 Å². The number of carboxylic acids is 1. The van der Waals surface area contributed by atoms with Crippen molar-refractivity contribution >= 4 is 27.9 Å². The van der Waals surface area contributed by atoms with E-state index in [0.717, 1.165) is 11.1 Å². The fourth-order valence-corrected chi connectivity index (χ4v) is 5.82. The SMILES string of the molecule is O=CN(NCc1ccccc1)c1cccc(COc2ccc(S(=O)(=O)CC(CC(=O)O)c3ccccc3)cc2)c1. The van der Waals surface area contributed by atoms with Crippen LogP contribution in [0, 0.1) is 0 Å². The number of amides is 1. The van der Waals surface area contributed by atoms with E-state index in [2.05, 4.69) is 5.43 Å². The third kappa shape index (κ3) is 8.02. The normalized spacial score (nSPS) is 11.9. The van der Waals surface area contributed by atoms with Gasteiger partial charge in [0, 0.05) is 12.5 Å². The van der Waals surface area contributed by atoms with E-state index < -0.39 is 21.7 Å². The van der Waals surface area contributed by atoms with Crippen LogP contribution in [0.5, 0.6) is 5.75 Å². The summed E-state index contributed by atoms with van der Waals surface area (Å²) in [6, 6.07) is 31.9. The van der Waals surface area contributed by atoms with E-state index >= 15 is 0 Å². The van der Waals surface area contributed by atoms with Crippen molar-refractivity contribution in [3.63, 3.8) is 0 Å². The second-order valence-electron chi connectivity index (χ2n) is 9.21. The summed E-state index contributed by atoms with van der Waals surface area (Å²) >= 11 is 0. The first-order valence-corrected chi connectivity index (χ1v) is 14.3. The number of carbonyl (C=O) groups excluding carboxylic acids is 1. The van der Waals surface area contributed by atoms with Gasteiger partial charge in [0.25, 0.3) is 0 Å². The first-order chi connectivity index (χ1) is 19.3. The van der Waals surface area contributed by atoms with Crippen LogP contribution in [0.4, 0.5) is 5.69 Å². The Bertz CT molecular complexity index is 1510. The molecule has 1 unspecified atom stereocenters. The molecule has 2 N–H and O–H groups in total. The van der Waals surface area contributed by atoms with Gasteiger partial charge in [-0.15, -0.1) is 0 Å². The highest BCUT2D eigenvalue weighted by atomic mass is 32.2. The molecule has 0 saturated heterocycles. The fraction of sp³-hybridized carbons (Fsp3) is 0.161. The van der Waals surface area contributed by atoms with Gasteiger partial charge in [-0.05, 0) is 53.1 Å². The quantitative estimate of drug-likeness (QED) is 0.166. The average Bonchev–Trinajstić information content (AvgIpc) is 2.97. The summed E-state index contributed by atoms with van der Waals surface area (Å²) in [6.45, 7) is 0.692. The molecule has 0 fully saturated rings. The van der Waals surface area contributed by atoms with Gasteiger partial charge in [0.15, 0.2) is 9.84 Å². The molecular weight excluding hydrogens is 528 g/mol. The number of aliphatic carboxylic acids is 1. The first kappa shape index (κ1) is 28.5. The lowest BCUT2D eigenvalue weighted by Crippen LogP contribution is -2.36. The Balaban J connectivity index is 1.38. The molecule has 0 radical (unpaired) electrons. The van der Waals surface area contributed by atoms with E-state index in [-0.39, 0.29) is 23.7 Å². The van der Waals surface area contributed by atoms with Crippen molar-refractivity contribution in [3.05, 3.63) is 126 Å². The molecule has 0 aliphatic rings. The number of hydrogen-bond donors (Lipinski definition) is 2. The minimum absolute atomic E-state index is 0.0966. The number of hydrogen-bond acceptors (Lipinski definition) is 6. The maximum Gasteiger partial charge on any atom is 0.303 e. The third-order valence-electron chi connectivity index (χ3n) is 6.29. The molecule has 0 aliphatic carbocycles. The molecule has 40 heavy (non-hydrogen) atoms. The Labute approximate surface area is 233 Å². The molecule has 9 heteroatoms. The molecule has 1 amide bonds. The Morgan fingerprint density at radius 2 is 1.52 bits per heavy atom. The largest absolute Gasteiger partial charge is 0.489 e. The molecule has 0 spiro atoms. The molecule has 8 nitrogen and oxygen atoms in total. The molecule has 0 saturated carbocycles. The number of benzene rings is 4. The Morgan fingerprint density at radius 3 is 2.17 bits per heavy atom. The Hall–Kier alpha value is -4.47. The molecule has 4 aromatic carbocycles. The topological polar surface area (TPSA) is 113 Å². The molecule has 4 aromatic rings. The molecule has 1 atom stereocenters. The summed E-state index contributed by atoms with van der Waals surface area (Å²) in [4.78, 5) is 23.2. The molecule has 0 aromatic heterocycles. The minimum Gasteiger partial charge on any atom is -0.489 e. The summed E-state index contributed by atoms with van der Waals surface area (Å²) in [5.41, 5.74) is 6.27. The fourth-order valence-electron chi connectivity index (χ4n) is 4.24. The van der Waals surface area contributed by atoms with Gasteiger partial charge in [0.2, 0.25) is 6.41 Å². The number of anilines is 1. The van der Waals surface area contributed by atoms with Crippen LogP contribution >= 0.6 is 0 Å². The lowest BCUT2D eigenvalue weighted by atomic mass is 9.98. The lowest BCUT2D eigenvalue weighted by molar-refractivity contribution is -0.137. The Morgan fingerprint density at radius 1 is 0.875 bits per heavy atom. The first-order valence-electron chi connectivity index (χ1n) is 12.7. The number of hydrazine groups is 1. The highest BCUT2D eigenvalue weighted by Crippen LogP contribution is 2.26.